The van der Waals surface area contributed by atoms with E-state index in [1.54, 1.807) is 6.07 Å². The number of rotatable bonds is 4. The second-order valence-electron chi connectivity index (χ2n) is 4.09. The Morgan fingerprint density at radius 3 is 2.60 bits per heavy atom. The Morgan fingerprint density at radius 2 is 1.95 bits per heavy atom. The summed E-state index contributed by atoms with van der Waals surface area (Å²) in [5.74, 6) is -1.94. The highest BCUT2D eigenvalue weighted by Gasteiger charge is 2.09. The molecule has 0 fully saturated rings. The normalized spacial score (nSPS) is 10.3. The van der Waals surface area contributed by atoms with Gasteiger partial charge in [0.1, 0.15) is 11.6 Å². The number of aromatic carboxylic acids is 1. The van der Waals surface area contributed by atoms with Crippen molar-refractivity contribution in [2.24, 2.45) is 0 Å². The molecule has 0 aromatic heterocycles. The molecule has 0 radical (unpaired) electrons. The quantitative estimate of drug-likeness (QED) is 0.781. The van der Waals surface area contributed by atoms with Crippen LogP contribution in [0.2, 0.25) is 0 Å². The third-order valence-corrected chi connectivity index (χ3v) is 3.59. The molecule has 0 saturated carbocycles. The van der Waals surface area contributed by atoms with Gasteiger partial charge in [0.25, 0.3) is 0 Å². The van der Waals surface area contributed by atoms with Crippen LogP contribution in [-0.4, -0.2) is 11.1 Å². The third-order valence-electron chi connectivity index (χ3n) is 2.69. The van der Waals surface area contributed by atoms with Gasteiger partial charge in [0.05, 0.1) is 5.56 Å². The SMILES string of the molecule is O=C(O)c1ccc(F)c(CNc2ccc(F)cc2I)c1. The Bertz CT molecular complexity index is 662. The third kappa shape index (κ3) is 3.44. The summed E-state index contributed by atoms with van der Waals surface area (Å²) in [6.07, 6.45) is 0. The first-order valence-corrected chi connectivity index (χ1v) is 6.76. The molecule has 0 aliphatic rings. The molecule has 0 spiro atoms. The Balaban J connectivity index is 2.18. The average molecular weight is 389 g/mol. The van der Waals surface area contributed by atoms with Gasteiger partial charge in [-0.25, -0.2) is 13.6 Å². The van der Waals surface area contributed by atoms with Gasteiger partial charge < -0.3 is 10.4 Å². The molecule has 0 atom stereocenters. The van der Waals surface area contributed by atoms with Crippen LogP contribution in [0.4, 0.5) is 14.5 Å². The van der Waals surface area contributed by atoms with Crippen molar-refractivity contribution < 1.29 is 18.7 Å². The standard InChI is InChI=1S/C14H10F2INO2/c15-10-2-4-13(12(17)6-10)18-7-9-5-8(14(19)20)1-3-11(9)16/h1-6,18H,7H2,(H,19,20). The van der Waals surface area contributed by atoms with Gasteiger partial charge in [-0.3, -0.25) is 0 Å². The summed E-state index contributed by atoms with van der Waals surface area (Å²) in [7, 11) is 0. The molecule has 0 unspecified atom stereocenters. The number of carboxylic acids is 1. The zero-order chi connectivity index (χ0) is 14.7. The maximum Gasteiger partial charge on any atom is 0.335 e. The Kier molecular flexibility index (Phi) is 4.53. The lowest BCUT2D eigenvalue weighted by atomic mass is 10.1. The van der Waals surface area contributed by atoms with Gasteiger partial charge in [0.15, 0.2) is 0 Å². The number of anilines is 1. The highest BCUT2D eigenvalue weighted by atomic mass is 127. The second kappa shape index (κ2) is 6.17. The summed E-state index contributed by atoms with van der Waals surface area (Å²) < 4.78 is 27.2. The average Bonchev–Trinajstić information content (AvgIpc) is 2.39. The minimum Gasteiger partial charge on any atom is -0.478 e. The molecule has 20 heavy (non-hydrogen) atoms. The highest BCUT2D eigenvalue weighted by molar-refractivity contribution is 14.1. The monoisotopic (exact) mass is 389 g/mol. The Morgan fingerprint density at radius 1 is 1.20 bits per heavy atom. The summed E-state index contributed by atoms with van der Waals surface area (Å²) in [6, 6.07) is 7.82. The minimum atomic E-state index is -1.11. The van der Waals surface area contributed by atoms with Gasteiger partial charge >= 0.3 is 5.97 Å². The van der Waals surface area contributed by atoms with Gasteiger partial charge in [-0.15, -0.1) is 0 Å². The van der Waals surface area contributed by atoms with Crippen LogP contribution < -0.4 is 5.32 Å². The fourth-order valence-electron chi connectivity index (χ4n) is 1.67. The van der Waals surface area contributed by atoms with E-state index in [1.807, 2.05) is 22.6 Å². The minimum absolute atomic E-state index is 0.0250. The van der Waals surface area contributed by atoms with Crippen molar-refractivity contribution in [1.29, 1.82) is 0 Å². The van der Waals surface area contributed by atoms with Crippen LogP contribution in [0, 0.1) is 15.2 Å². The maximum atomic E-state index is 13.6. The van der Waals surface area contributed by atoms with Crippen LogP contribution in [0.1, 0.15) is 15.9 Å². The van der Waals surface area contributed by atoms with E-state index in [1.165, 1.54) is 24.3 Å². The van der Waals surface area contributed by atoms with Gasteiger partial charge in [-0.2, -0.15) is 0 Å². The molecule has 0 bridgehead atoms. The number of hydrogen-bond donors (Lipinski definition) is 2. The Hall–Kier alpha value is -1.70. The largest absolute Gasteiger partial charge is 0.478 e. The van der Waals surface area contributed by atoms with Gasteiger partial charge in [0, 0.05) is 21.4 Å². The maximum absolute atomic E-state index is 13.6. The first-order chi connectivity index (χ1) is 9.47. The predicted molar refractivity (Wildman–Crippen MR) is 79.8 cm³/mol. The van der Waals surface area contributed by atoms with Gasteiger partial charge in [-0.1, -0.05) is 0 Å². The molecular weight excluding hydrogens is 379 g/mol. The topological polar surface area (TPSA) is 49.3 Å². The molecule has 2 N–H and O–H groups in total. The number of nitrogens with one attached hydrogen (secondary N) is 1. The van der Waals surface area contributed by atoms with Gasteiger partial charge in [0.2, 0.25) is 0 Å². The van der Waals surface area contributed by atoms with E-state index in [0.29, 0.717) is 9.26 Å². The fraction of sp³-hybridized carbons (Fsp3) is 0.0714. The number of benzene rings is 2. The molecular formula is C14H10F2INO2. The lowest BCUT2D eigenvalue weighted by Crippen LogP contribution is -2.06. The summed E-state index contributed by atoms with van der Waals surface area (Å²) in [5, 5.41) is 11.8. The van der Waals surface area contributed by atoms with E-state index in [9.17, 15) is 13.6 Å². The molecule has 0 aliphatic carbocycles. The molecule has 0 heterocycles. The molecule has 0 aliphatic heterocycles. The number of halogens is 3. The zero-order valence-corrected chi connectivity index (χ0v) is 12.3. The van der Waals surface area contributed by atoms with Crippen LogP contribution in [0.15, 0.2) is 36.4 Å². The summed E-state index contributed by atoms with van der Waals surface area (Å²) in [4.78, 5) is 10.8. The number of carbonyl (C=O) groups is 1. The fourth-order valence-corrected chi connectivity index (χ4v) is 2.33. The number of carboxylic acid groups (broad SMARTS) is 1. The predicted octanol–water partition coefficient (Wildman–Crippen LogP) is 3.88. The lowest BCUT2D eigenvalue weighted by molar-refractivity contribution is 0.0696. The van der Waals surface area contributed by atoms with Crippen LogP contribution in [-0.2, 0) is 6.54 Å². The molecule has 6 heteroatoms. The first kappa shape index (κ1) is 14.7. The highest BCUT2D eigenvalue weighted by Crippen LogP contribution is 2.20. The smallest absolute Gasteiger partial charge is 0.335 e. The molecule has 0 amide bonds. The Labute approximate surface area is 127 Å². The molecule has 0 saturated heterocycles. The van der Waals surface area contributed by atoms with Crippen LogP contribution in [0.5, 0.6) is 0 Å². The van der Waals surface area contributed by atoms with E-state index < -0.39 is 11.8 Å². The van der Waals surface area contributed by atoms with Crippen molar-refractivity contribution in [3.8, 4) is 0 Å². The van der Waals surface area contributed by atoms with E-state index in [-0.39, 0.29) is 23.5 Å². The van der Waals surface area contributed by atoms with Crippen molar-refractivity contribution in [2.75, 3.05) is 5.32 Å². The van der Waals surface area contributed by atoms with Gasteiger partial charge in [-0.05, 0) is 59.0 Å². The molecule has 2 rings (SSSR count). The van der Waals surface area contributed by atoms with Crippen molar-refractivity contribution >= 4 is 34.2 Å². The van der Waals surface area contributed by atoms with Crippen LogP contribution in [0.25, 0.3) is 0 Å². The molecule has 2 aromatic carbocycles. The summed E-state index contributed by atoms with van der Waals surface area (Å²) >= 11 is 1.96. The summed E-state index contributed by atoms with van der Waals surface area (Å²) in [6.45, 7) is 0.120. The van der Waals surface area contributed by atoms with Crippen molar-refractivity contribution in [2.45, 2.75) is 6.54 Å². The van der Waals surface area contributed by atoms with E-state index in [2.05, 4.69) is 5.32 Å². The van der Waals surface area contributed by atoms with E-state index >= 15 is 0 Å². The van der Waals surface area contributed by atoms with Crippen molar-refractivity contribution in [3.05, 3.63) is 62.7 Å². The van der Waals surface area contributed by atoms with Crippen molar-refractivity contribution in [1.82, 2.24) is 0 Å². The van der Waals surface area contributed by atoms with Crippen LogP contribution in [0.3, 0.4) is 0 Å². The second-order valence-corrected chi connectivity index (χ2v) is 5.25. The zero-order valence-electron chi connectivity index (χ0n) is 10.2. The number of hydrogen-bond acceptors (Lipinski definition) is 2. The lowest BCUT2D eigenvalue weighted by Gasteiger charge is -2.10. The molecule has 2 aromatic rings. The molecule has 3 nitrogen and oxygen atoms in total. The van der Waals surface area contributed by atoms with E-state index in [4.69, 9.17) is 5.11 Å². The summed E-state index contributed by atoms with van der Waals surface area (Å²) in [5.41, 5.74) is 0.925. The van der Waals surface area contributed by atoms with Crippen molar-refractivity contribution in [3.63, 3.8) is 0 Å². The molecule has 104 valence electrons. The first-order valence-electron chi connectivity index (χ1n) is 5.68. The van der Waals surface area contributed by atoms with Crippen LogP contribution >= 0.6 is 22.6 Å². The van der Waals surface area contributed by atoms with E-state index in [0.717, 1.165) is 6.07 Å².